The van der Waals surface area contributed by atoms with Crippen molar-refractivity contribution in [1.82, 2.24) is 4.90 Å². The van der Waals surface area contributed by atoms with Gasteiger partial charge in [0.2, 0.25) is 5.91 Å². The molecule has 1 amide bonds. The first kappa shape index (κ1) is 17.0. The van der Waals surface area contributed by atoms with E-state index in [1.54, 1.807) is 4.90 Å². The van der Waals surface area contributed by atoms with Crippen molar-refractivity contribution >= 4 is 11.9 Å². The Morgan fingerprint density at radius 2 is 1.85 bits per heavy atom. The molecule has 0 saturated heterocycles. The van der Waals surface area contributed by atoms with E-state index in [1.807, 2.05) is 13.8 Å². The predicted molar refractivity (Wildman–Crippen MR) is 76.5 cm³/mol. The standard InChI is InChI=1S/C15H27NO4/c1-3-16(9-10-20-4-2)13(17)11-15(12-14(18)19)7-5-6-8-15/h3-12H2,1-2H3,(H,18,19). The lowest BCUT2D eigenvalue weighted by Crippen LogP contribution is -2.37. The van der Waals surface area contributed by atoms with Gasteiger partial charge in [-0.3, -0.25) is 9.59 Å². The van der Waals surface area contributed by atoms with Crippen molar-refractivity contribution in [3.63, 3.8) is 0 Å². The molecular weight excluding hydrogens is 258 g/mol. The van der Waals surface area contributed by atoms with Gasteiger partial charge in [0.15, 0.2) is 0 Å². The summed E-state index contributed by atoms with van der Waals surface area (Å²) >= 11 is 0. The Kier molecular flexibility index (Phi) is 6.99. The van der Waals surface area contributed by atoms with Crippen LogP contribution in [0.1, 0.15) is 52.4 Å². The lowest BCUT2D eigenvalue weighted by atomic mass is 9.79. The highest BCUT2D eigenvalue weighted by atomic mass is 16.5. The van der Waals surface area contributed by atoms with Crippen molar-refractivity contribution in [1.29, 1.82) is 0 Å². The largest absolute Gasteiger partial charge is 0.481 e. The maximum Gasteiger partial charge on any atom is 0.303 e. The van der Waals surface area contributed by atoms with Crippen molar-refractivity contribution in [2.45, 2.75) is 52.4 Å². The summed E-state index contributed by atoms with van der Waals surface area (Å²) in [6, 6.07) is 0. The van der Waals surface area contributed by atoms with Crippen molar-refractivity contribution in [3.8, 4) is 0 Å². The number of hydrogen-bond acceptors (Lipinski definition) is 3. The second-order valence-electron chi connectivity index (χ2n) is 5.62. The number of rotatable bonds is 9. The zero-order valence-corrected chi connectivity index (χ0v) is 12.7. The van der Waals surface area contributed by atoms with Gasteiger partial charge in [0.25, 0.3) is 0 Å². The van der Waals surface area contributed by atoms with Crippen LogP contribution in [0.5, 0.6) is 0 Å². The topological polar surface area (TPSA) is 66.8 Å². The molecule has 0 aliphatic heterocycles. The highest BCUT2D eigenvalue weighted by molar-refractivity contribution is 5.78. The monoisotopic (exact) mass is 285 g/mol. The minimum Gasteiger partial charge on any atom is -0.481 e. The van der Waals surface area contributed by atoms with Crippen LogP contribution in [0.4, 0.5) is 0 Å². The van der Waals surface area contributed by atoms with Crippen LogP contribution in [-0.2, 0) is 14.3 Å². The van der Waals surface area contributed by atoms with Crippen LogP contribution in [-0.4, -0.2) is 48.2 Å². The van der Waals surface area contributed by atoms with Crippen LogP contribution in [0.15, 0.2) is 0 Å². The third-order valence-corrected chi connectivity index (χ3v) is 4.16. The highest BCUT2D eigenvalue weighted by Gasteiger charge is 2.38. The summed E-state index contributed by atoms with van der Waals surface area (Å²) in [5, 5.41) is 9.08. The van der Waals surface area contributed by atoms with Gasteiger partial charge in [0, 0.05) is 26.1 Å². The maximum atomic E-state index is 12.4. The van der Waals surface area contributed by atoms with Gasteiger partial charge in [-0.2, -0.15) is 0 Å². The number of carboxylic acid groups (broad SMARTS) is 1. The van der Waals surface area contributed by atoms with E-state index in [-0.39, 0.29) is 17.7 Å². The van der Waals surface area contributed by atoms with E-state index in [1.165, 1.54) is 0 Å². The molecule has 0 atom stereocenters. The first-order valence-corrected chi connectivity index (χ1v) is 7.60. The van der Waals surface area contributed by atoms with E-state index < -0.39 is 5.97 Å². The second-order valence-corrected chi connectivity index (χ2v) is 5.62. The van der Waals surface area contributed by atoms with Crippen LogP contribution < -0.4 is 0 Å². The summed E-state index contributed by atoms with van der Waals surface area (Å²) in [6.07, 6.45) is 4.25. The van der Waals surface area contributed by atoms with E-state index in [4.69, 9.17) is 9.84 Å². The van der Waals surface area contributed by atoms with E-state index >= 15 is 0 Å². The van der Waals surface area contributed by atoms with Gasteiger partial charge in [-0.1, -0.05) is 12.8 Å². The van der Waals surface area contributed by atoms with E-state index in [0.717, 1.165) is 25.7 Å². The number of carboxylic acids is 1. The molecule has 20 heavy (non-hydrogen) atoms. The van der Waals surface area contributed by atoms with E-state index in [0.29, 0.717) is 32.7 Å². The van der Waals surface area contributed by atoms with Gasteiger partial charge in [0.05, 0.1) is 13.0 Å². The molecular formula is C15H27NO4. The number of likely N-dealkylation sites (N-methyl/N-ethyl adjacent to an activating group) is 1. The molecule has 0 bridgehead atoms. The van der Waals surface area contributed by atoms with Gasteiger partial charge >= 0.3 is 5.97 Å². The molecule has 1 fully saturated rings. The molecule has 0 heterocycles. The number of amides is 1. The molecule has 1 aliphatic carbocycles. The Balaban J connectivity index is 2.57. The zero-order chi connectivity index (χ0) is 15.0. The first-order valence-electron chi connectivity index (χ1n) is 7.60. The maximum absolute atomic E-state index is 12.4. The zero-order valence-electron chi connectivity index (χ0n) is 12.7. The van der Waals surface area contributed by atoms with Crippen molar-refractivity contribution in [2.75, 3.05) is 26.3 Å². The molecule has 5 nitrogen and oxygen atoms in total. The molecule has 1 rings (SSSR count). The number of aliphatic carboxylic acids is 1. The van der Waals surface area contributed by atoms with Gasteiger partial charge in [-0.15, -0.1) is 0 Å². The molecule has 1 saturated carbocycles. The lowest BCUT2D eigenvalue weighted by molar-refractivity contribution is -0.141. The van der Waals surface area contributed by atoms with Gasteiger partial charge in [-0.25, -0.2) is 0 Å². The average molecular weight is 285 g/mol. The molecule has 0 aromatic carbocycles. The highest BCUT2D eigenvalue weighted by Crippen LogP contribution is 2.44. The van der Waals surface area contributed by atoms with E-state index in [9.17, 15) is 9.59 Å². The summed E-state index contributed by atoms with van der Waals surface area (Å²) in [5.74, 6) is -0.729. The summed E-state index contributed by atoms with van der Waals surface area (Å²) in [6.45, 7) is 6.30. The lowest BCUT2D eigenvalue weighted by Gasteiger charge is -2.30. The number of ether oxygens (including phenoxy) is 1. The molecule has 1 N–H and O–H groups in total. The van der Waals surface area contributed by atoms with Crippen molar-refractivity contribution < 1.29 is 19.4 Å². The molecule has 0 spiro atoms. The molecule has 0 radical (unpaired) electrons. The fourth-order valence-electron chi connectivity index (χ4n) is 3.07. The van der Waals surface area contributed by atoms with Gasteiger partial charge < -0.3 is 14.7 Å². The van der Waals surface area contributed by atoms with Gasteiger partial charge in [0.1, 0.15) is 0 Å². The van der Waals surface area contributed by atoms with Crippen LogP contribution in [0.2, 0.25) is 0 Å². The Bertz CT molecular complexity index is 324. The number of carbonyl (C=O) groups excluding carboxylic acids is 1. The molecule has 116 valence electrons. The molecule has 0 aromatic heterocycles. The first-order chi connectivity index (χ1) is 9.53. The van der Waals surface area contributed by atoms with Crippen molar-refractivity contribution in [3.05, 3.63) is 0 Å². The molecule has 1 aliphatic rings. The minimum atomic E-state index is -0.794. The quantitative estimate of drug-likeness (QED) is 0.660. The Hall–Kier alpha value is -1.10. The Labute approximate surface area is 121 Å². The average Bonchev–Trinajstić information content (AvgIpc) is 2.81. The Morgan fingerprint density at radius 3 is 2.35 bits per heavy atom. The third-order valence-electron chi connectivity index (χ3n) is 4.16. The number of carbonyl (C=O) groups is 2. The Morgan fingerprint density at radius 1 is 1.20 bits per heavy atom. The number of hydrogen-bond donors (Lipinski definition) is 1. The molecule has 0 unspecified atom stereocenters. The summed E-state index contributed by atoms with van der Waals surface area (Å²) in [7, 11) is 0. The SMILES string of the molecule is CCOCCN(CC)C(=O)CC1(CC(=O)O)CCCC1. The van der Waals surface area contributed by atoms with Gasteiger partial charge in [-0.05, 0) is 32.1 Å². The van der Waals surface area contributed by atoms with Crippen LogP contribution in [0, 0.1) is 5.41 Å². The smallest absolute Gasteiger partial charge is 0.303 e. The predicted octanol–water partition coefficient (Wildman–Crippen LogP) is 2.30. The van der Waals surface area contributed by atoms with Crippen LogP contribution >= 0.6 is 0 Å². The fourth-order valence-corrected chi connectivity index (χ4v) is 3.07. The minimum absolute atomic E-state index is 0.0651. The molecule has 0 aromatic rings. The fraction of sp³-hybridized carbons (Fsp3) is 0.867. The van der Waals surface area contributed by atoms with Crippen LogP contribution in [0.3, 0.4) is 0 Å². The summed E-state index contributed by atoms with van der Waals surface area (Å²) in [4.78, 5) is 25.2. The normalized spacial score (nSPS) is 17.1. The molecule has 5 heteroatoms. The van der Waals surface area contributed by atoms with E-state index in [2.05, 4.69) is 0 Å². The summed E-state index contributed by atoms with van der Waals surface area (Å²) < 4.78 is 5.29. The van der Waals surface area contributed by atoms with Crippen molar-refractivity contribution in [2.24, 2.45) is 5.41 Å². The third kappa shape index (κ3) is 5.12. The second kappa shape index (κ2) is 8.25. The van der Waals surface area contributed by atoms with Crippen LogP contribution in [0.25, 0.3) is 0 Å². The summed E-state index contributed by atoms with van der Waals surface area (Å²) in [5.41, 5.74) is -0.318. The number of nitrogens with zero attached hydrogens (tertiary/aromatic N) is 1.